The maximum Gasteiger partial charge on any atom is 0.201 e. The molecule has 0 atom stereocenters. The van der Waals surface area contributed by atoms with Gasteiger partial charge in [-0.05, 0) is 30.9 Å². The van der Waals surface area contributed by atoms with E-state index in [-0.39, 0.29) is 5.02 Å². The molecule has 1 aromatic carbocycles. The summed E-state index contributed by atoms with van der Waals surface area (Å²) in [5.74, 6) is 1.18. The van der Waals surface area contributed by atoms with E-state index in [0.29, 0.717) is 11.5 Å². The first-order valence-corrected chi connectivity index (χ1v) is 8.50. The molecule has 110 valence electrons. The van der Waals surface area contributed by atoms with Gasteiger partial charge < -0.3 is 10.3 Å². The van der Waals surface area contributed by atoms with Gasteiger partial charge in [-0.1, -0.05) is 24.4 Å². The van der Waals surface area contributed by atoms with Crippen molar-refractivity contribution in [1.29, 1.82) is 0 Å². The lowest BCUT2D eigenvalue weighted by Crippen LogP contribution is -2.03. The zero-order valence-corrected chi connectivity index (χ0v) is 13.1. The summed E-state index contributed by atoms with van der Waals surface area (Å²) in [7, 11) is 0. The lowest BCUT2D eigenvalue weighted by Gasteiger charge is -2.06. The fourth-order valence-electron chi connectivity index (χ4n) is 2.24. The quantitative estimate of drug-likeness (QED) is 0.773. The molecule has 0 bridgehead atoms. The van der Waals surface area contributed by atoms with E-state index in [1.807, 2.05) is 16.3 Å². The molecule has 0 aliphatic heterocycles. The minimum atomic E-state index is -0.458. The number of hydrogen-bond donors (Lipinski definition) is 1. The van der Waals surface area contributed by atoms with Gasteiger partial charge in [-0.25, -0.2) is 9.37 Å². The van der Waals surface area contributed by atoms with Gasteiger partial charge in [0, 0.05) is 12.6 Å². The van der Waals surface area contributed by atoms with Crippen LogP contribution < -0.4 is 5.73 Å². The first-order chi connectivity index (χ1) is 9.63. The van der Waals surface area contributed by atoms with Crippen molar-refractivity contribution >= 4 is 40.3 Å². The Labute approximate surface area is 127 Å². The van der Waals surface area contributed by atoms with Gasteiger partial charge in [-0.15, -0.1) is 0 Å². The van der Waals surface area contributed by atoms with Crippen LogP contribution in [0.3, 0.4) is 0 Å². The average Bonchev–Trinajstić information content (AvgIpc) is 2.70. The number of imidazole rings is 1. The summed E-state index contributed by atoms with van der Waals surface area (Å²) in [4.78, 5) is 4.18. The normalized spacial score (nSPS) is 11.3. The first-order valence-electron chi connectivity index (χ1n) is 6.73. The second-order valence-corrected chi connectivity index (χ2v) is 6.18. The van der Waals surface area contributed by atoms with Crippen LogP contribution >= 0.6 is 23.4 Å². The minimum Gasteiger partial charge on any atom is -0.369 e. The Kier molecular flexibility index (Phi) is 5.54. The minimum absolute atomic E-state index is 0.110. The number of aromatic nitrogens is 2. The number of unbranched alkanes of at least 4 members (excludes halogenated alkanes) is 3. The summed E-state index contributed by atoms with van der Waals surface area (Å²) >= 11 is 7.71. The molecule has 0 amide bonds. The molecule has 3 nitrogen and oxygen atoms in total. The number of fused-ring (bicyclic) bond motifs is 1. The van der Waals surface area contributed by atoms with Crippen LogP contribution in [0.4, 0.5) is 10.3 Å². The van der Waals surface area contributed by atoms with Gasteiger partial charge in [0.05, 0.1) is 16.1 Å². The summed E-state index contributed by atoms with van der Waals surface area (Å²) < 4.78 is 15.3. The zero-order valence-electron chi connectivity index (χ0n) is 11.5. The topological polar surface area (TPSA) is 43.8 Å². The standard InChI is InChI=1S/C14H19ClFN3S/c1-20-7-5-3-2-4-6-19-13-8-10(15)11(16)9-12(13)18-14(19)17/h8-9H,2-7H2,1H3,(H2,17,18). The van der Waals surface area contributed by atoms with Crippen LogP contribution in [-0.2, 0) is 6.54 Å². The summed E-state index contributed by atoms with van der Waals surface area (Å²) in [5, 5.41) is 0.110. The molecular formula is C14H19ClFN3S. The van der Waals surface area contributed by atoms with Crippen LogP contribution in [0.1, 0.15) is 25.7 Å². The molecule has 2 N–H and O–H groups in total. The molecule has 0 saturated carbocycles. The van der Waals surface area contributed by atoms with E-state index in [0.717, 1.165) is 24.9 Å². The monoisotopic (exact) mass is 315 g/mol. The Balaban J connectivity index is 2.02. The first kappa shape index (κ1) is 15.4. The molecule has 0 aliphatic rings. The van der Waals surface area contributed by atoms with E-state index in [4.69, 9.17) is 17.3 Å². The van der Waals surface area contributed by atoms with Gasteiger partial charge >= 0.3 is 0 Å². The van der Waals surface area contributed by atoms with Crippen molar-refractivity contribution in [2.75, 3.05) is 17.7 Å². The molecule has 0 fully saturated rings. The Morgan fingerprint density at radius 3 is 2.80 bits per heavy atom. The average molecular weight is 316 g/mol. The van der Waals surface area contributed by atoms with Crippen LogP contribution in [0.5, 0.6) is 0 Å². The maximum atomic E-state index is 13.4. The number of nitrogens with zero attached hydrogens (tertiary/aromatic N) is 2. The van der Waals surface area contributed by atoms with E-state index < -0.39 is 5.82 Å². The Bertz CT molecular complexity index is 585. The molecule has 2 rings (SSSR count). The lowest BCUT2D eigenvalue weighted by molar-refractivity contribution is 0.597. The summed E-state index contributed by atoms with van der Waals surface area (Å²) in [5.41, 5.74) is 7.26. The van der Waals surface area contributed by atoms with Gasteiger partial charge in [0.25, 0.3) is 0 Å². The molecule has 0 saturated heterocycles. The molecule has 0 unspecified atom stereocenters. The Hall–Kier alpha value is -0.940. The van der Waals surface area contributed by atoms with Crippen molar-refractivity contribution in [2.24, 2.45) is 0 Å². The number of nitrogens with two attached hydrogens (primary N) is 1. The van der Waals surface area contributed by atoms with Gasteiger partial charge in [-0.2, -0.15) is 11.8 Å². The van der Waals surface area contributed by atoms with E-state index in [9.17, 15) is 4.39 Å². The van der Waals surface area contributed by atoms with E-state index >= 15 is 0 Å². The van der Waals surface area contributed by atoms with Gasteiger partial charge in [0.15, 0.2) is 0 Å². The SMILES string of the molecule is CSCCCCCCn1c(N)nc2cc(F)c(Cl)cc21. The van der Waals surface area contributed by atoms with Crippen molar-refractivity contribution < 1.29 is 4.39 Å². The van der Waals surface area contributed by atoms with Crippen molar-refractivity contribution in [3.63, 3.8) is 0 Å². The molecule has 20 heavy (non-hydrogen) atoms. The largest absolute Gasteiger partial charge is 0.369 e. The summed E-state index contributed by atoms with van der Waals surface area (Å²) in [6.45, 7) is 0.795. The molecule has 1 aromatic heterocycles. The molecular weight excluding hydrogens is 297 g/mol. The van der Waals surface area contributed by atoms with Gasteiger partial charge in [0.1, 0.15) is 5.82 Å². The predicted octanol–water partition coefficient (Wildman–Crippen LogP) is 4.33. The zero-order chi connectivity index (χ0) is 14.5. The second kappa shape index (κ2) is 7.18. The van der Waals surface area contributed by atoms with Crippen molar-refractivity contribution in [1.82, 2.24) is 9.55 Å². The van der Waals surface area contributed by atoms with Crippen LogP contribution in [0.25, 0.3) is 11.0 Å². The molecule has 0 radical (unpaired) electrons. The molecule has 0 spiro atoms. The smallest absolute Gasteiger partial charge is 0.201 e. The van der Waals surface area contributed by atoms with Crippen LogP contribution in [0, 0.1) is 5.82 Å². The fourth-order valence-corrected chi connectivity index (χ4v) is 2.89. The fraction of sp³-hybridized carbons (Fsp3) is 0.500. The predicted molar refractivity (Wildman–Crippen MR) is 86.0 cm³/mol. The number of thioether (sulfide) groups is 1. The van der Waals surface area contributed by atoms with E-state index in [1.165, 1.54) is 24.7 Å². The van der Waals surface area contributed by atoms with Crippen LogP contribution in [0.2, 0.25) is 5.02 Å². The number of aryl methyl sites for hydroxylation is 1. The van der Waals surface area contributed by atoms with E-state index in [1.54, 1.807) is 6.07 Å². The third-order valence-corrected chi connectivity index (χ3v) is 4.29. The number of halogens is 2. The number of benzene rings is 1. The number of anilines is 1. The number of rotatable bonds is 7. The van der Waals surface area contributed by atoms with Crippen molar-refractivity contribution in [3.05, 3.63) is 23.0 Å². The number of nitrogen functional groups attached to an aromatic ring is 1. The number of hydrogen-bond acceptors (Lipinski definition) is 3. The van der Waals surface area contributed by atoms with Crippen molar-refractivity contribution in [2.45, 2.75) is 32.2 Å². The van der Waals surface area contributed by atoms with Gasteiger partial charge in [-0.3, -0.25) is 0 Å². The second-order valence-electron chi connectivity index (χ2n) is 4.78. The third kappa shape index (κ3) is 3.58. The summed E-state index contributed by atoms with van der Waals surface area (Å²) in [6, 6.07) is 2.94. The van der Waals surface area contributed by atoms with Crippen LogP contribution in [-0.4, -0.2) is 21.6 Å². The van der Waals surface area contributed by atoms with Crippen LogP contribution in [0.15, 0.2) is 12.1 Å². The molecule has 1 heterocycles. The highest BCUT2D eigenvalue weighted by atomic mass is 35.5. The van der Waals surface area contributed by atoms with E-state index in [2.05, 4.69) is 11.2 Å². The lowest BCUT2D eigenvalue weighted by atomic mass is 10.2. The molecule has 6 heteroatoms. The highest BCUT2D eigenvalue weighted by Crippen LogP contribution is 2.25. The third-order valence-electron chi connectivity index (χ3n) is 3.30. The molecule has 2 aromatic rings. The highest BCUT2D eigenvalue weighted by molar-refractivity contribution is 7.98. The summed E-state index contributed by atoms with van der Waals surface area (Å²) in [6.07, 6.45) is 6.80. The highest BCUT2D eigenvalue weighted by Gasteiger charge is 2.11. The van der Waals surface area contributed by atoms with Gasteiger partial charge in [0.2, 0.25) is 5.95 Å². The Morgan fingerprint density at radius 2 is 2.05 bits per heavy atom. The molecule has 0 aliphatic carbocycles. The Morgan fingerprint density at radius 1 is 1.30 bits per heavy atom. The maximum absolute atomic E-state index is 13.4. The van der Waals surface area contributed by atoms with Crippen molar-refractivity contribution in [3.8, 4) is 0 Å².